The maximum Gasteiger partial charge on any atom is 0.335 e. The number of hydrogen-bond donors (Lipinski definition) is 1. The van der Waals surface area contributed by atoms with Gasteiger partial charge in [-0.2, -0.15) is 0 Å². The van der Waals surface area contributed by atoms with Crippen molar-refractivity contribution in [1.29, 1.82) is 0 Å². The molecule has 0 radical (unpaired) electrons. The van der Waals surface area contributed by atoms with E-state index < -0.39 is 5.97 Å². The summed E-state index contributed by atoms with van der Waals surface area (Å²) in [5, 5.41) is 9.39. The van der Waals surface area contributed by atoms with Gasteiger partial charge in [-0.05, 0) is 42.5 Å². The molecule has 0 aliphatic heterocycles. The van der Waals surface area contributed by atoms with Crippen LogP contribution in [0.5, 0.6) is 0 Å². The molecule has 3 aromatic rings. The molecule has 0 amide bonds. The Kier molecular flexibility index (Phi) is 5.44. The molecule has 0 aliphatic rings. The standard InChI is InChI=1S/C21H23N5O2/c1-24(2)16-12-17(25(3)4)14-18(13-16)26(19-7-5-6-9-22-19)20-11-15(21(27)28)8-10-23-20/h5-14H,1-4H3,(H,27,28). The van der Waals surface area contributed by atoms with Gasteiger partial charge >= 0.3 is 5.97 Å². The Balaban J connectivity index is 2.24. The summed E-state index contributed by atoms with van der Waals surface area (Å²) in [5.41, 5.74) is 3.03. The van der Waals surface area contributed by atoms with E-state index in [1.807, 2.05) is 73.2 Å². The highest BCUT2D eigenvalue weighted by Gasteiger charge is 2.18. The molecule has 0 saturated heterocycles. The predicted octanol–water partition coefficient (Wildman–Crippen LogP) is 3.78. The molecular weight excluding hydrogens is 354 g/mol. The van der Waals surface area contributed by atoms with Crippen molar-refractivity contribution in [2.24, 2.45) is 0 Å². The predicted molar refractivity (Wildman–Crippen MR) is 112 cm³/mol. The maximum atomic E-state index is 11.5. The van der Waals surface area contributed by atoms with Crippen LogP contribution in [0.15, 0.2) is 60.9 Å². The Hall–Kier alpha value is -3.61. The van der Waals surface area contributed by atoms with E-state index in [0.29, 0.717) is 11.6 Å². The van der Waals surface area contributed by atoms with Crippen molar-refractivity contribution < 1.29 is 9.90 Å². The third kappa shape index (κ3) is 4.03. The zero-order chi connectivity index (χ0) is 20.3. The summed E-state index contributed by atoms with van der Waals surface area (Å²) in [6, 6.07) is 14.8. The van der Waals surface area contributed by atoms with E-state index in [2.05, 4.69) is 16.0 Å². The van der Waals surface area contributed by atoms with Gasteiger partial charge in [0.15, 0.2) is 0 Å². The van der Waals surface area contributed by atoms with Gasteiger partial charge in [0.05, 0.1) is 11.3 Å². The molecule has 0 atom stereocenters. The van der Waals surface area contributed by atoms with Crippen LogP contribution in [0.2, 0.25) is 0 Å². The van der Waals surface area contributed by atoms with E-state index in [9.17, 15) is 9.90 Å². The number of pyridine rings is 2. The van der Waals surface area contributed by atoms with Crippen LogP contribution in [-0.2, 0) is 0 Å². The number of carboxylic acid groups (broad SMARTS) is 1. The first-order valence-corrected chi connectivity index (χ1v) is 8.77. The lowest BCUT2D eigenvalue weighted by molar-refractivity contribution is 0.0697. The third-order valence-electron chi connectivity index (χ3n) is 4.28. The summed E-state index contributed by atoms with van der Waals surface area (Å²) in [7, 11) is 7.92. The number of carboxylic acids is 1. The smallest absolute Gasteiger partial charge is 0.335 e. The van der Waals surface area contributed by atoms with E-state index in [1.165, 1.54) is 12.3 Å². The molecule has 0 spiro atoms. The Morgan fingerprint density at radius 2 is 1.39 bits per heavy atom. The second-order valence-electron chi connectivity index (χ2n) is 6.73. The third-order valence-corrected chi connectivity index (χ3v) is 4.28. The van der Waals surface area contributed by atoms with E-state index >= 15 is 0 Å². The molecule has 1 aromatic carbocycles. The van der Waals surface area contributed by atoms with E-state index in [-0.39, 0.29) is 5.56 Å². The van der Waals surface area contributed by atoms with Gasteiger partial charge in [0.2, 0.25) is 0 Å². The molecule has 28 heavy (non-hydrogen) atoms. The molecule has 0 unspecified atom stereocenters. The Morgan fingerprint density at radius 3 is 1.93 bits per heavy atom. The number of hydrogen-bond acceptors (Lipinski definition) is 6. The molecular formula is C21H23N5O2. The number of aromatic carboxylic acids is 1. The van der Waals surface area contributed by atoms with Crippen LogP contribution in [0.25, 0.3) is 0 Å². The van der Waals surface area contributed by atoms with Crippen molar-refractivity contribution in [2.45, 2.75) is 0 Å². The van der Waals surface area contributed by atoms with Crippen LogP contribution < -0.4 is 14.7 Å². The first kappa shape index (κ1) is 19.2. The Labute approximate surface area is 164 Å². The van der Waals surface area contributed by atoms with E-state index in [0.717, 1.165) is 17.1 Å². The van der Waals surface area contributed by atoms with E-state index in [4.69, 9.17) is 0 Å². The summed E-state index contributed by atoms with van der Waals surface area (Å²) in [4.78, 5) is 26.2. The average Bonchev–Trinajstić information content (AvgIpc) is 2.69. The van der Waals surface area contributed by atoms with Crippen molar-refractivity contribution in [2.75, 3.05) is 42.9 Å². The number of anilines is 5. The number of aromatic nitrogens is 2. The lowest BCUT2D eigenvalue weighted by Gasteiger charge is -2.27. The summed E-state index contributed by atoms with van der Waals surface area (Å²) in [6.45, 7) is 0. The molecule has 0 bridgehead atoms. The zero-order valence-electron chi connectivity index (χ0n) is 16.4. The topological polar surface area (TPSA) is 72.8 Å². The minimum Gasteiger partial charge on any atom is -0.478 e. The maximum absolute atomic E-state index is 11.5. The summed E-state index contributed by atoms with van der Waals surface area (Å²) < 4.78 is 0. The molecule has 0 aliphatic carbocycles. The summed E-state index contributed by atoms with van der Waals surface area (Å²) in [6.07, 6.45) is 3.20. The first-order chi connectivity index (χ1) is 13.4. The minimum atomic E-state index is -0.999. The van der Waals surface area contributed by atoms with Crippen molar-refractivity contribution >= 4 is 34.7 Å². The molecule has 0 fully saturated rings. The average molecular weight is 377 g/mol. The molecule has 7 heteroatoms. The van der Waals surface area contributed by atoms with Crippen molar-refractivity contribution in [1.82, 2.24) is 9.97 Å². The molecule has 144 valence electrons. The van der Waals surface area contributed by atoms with Crippen LogP contribution in [0.4, 0.5) is 28.7 Å². The molecule has 7 nitrogen and oxygen atoms in total. The second-order valence-corrected chi connectivity index (χ2v) is 6.73. The monoisotopic (exact) mass is 377 g/mol. The summed E-state index contributed by atoms with van der Waals surface area (Å²) >= 11 is 0. The van der Waals surface area contributed by atoms with Gasteiger partial charge < -0.3 is 14.9 Å². The quantitative estimate of drug-likeness (QED) is 0.701. The van der Waals surface area contributed by atoms with Gasteiger partial charge in [0, 0.05) is 52.0 Å². The number of rotatable bonds is 6. The van der Waals surface area contributed by atoms with Gasteiger partial charge in [-0.3, -0.25) is 4.90 Å². The zero-order valence-corrected chi connectivity index (χ0v) is 16.4. The van der Waals surface area contributed by atoms with Crippen LogP contribution in [-0.4, -0.2) is 49.2 Å². The lowest BCUT2D eigenvalue weighted by atomic mass is 10.2. The molecule has 2 heterocycles. The Morgan fingerprint density at radius 1 is 0.786 bits per heavy atom. The van der Waals surface area contributed by atoms with Gasteiger partial charge in [-0.25, -0.2) is 14.8 Å². The minimum absolute atomic E-state index is 0.169. The van der Waals surface area contributed by atoms with E-state index in [1.54, 1.807) is 12.3 Å². The Bertz CT molecular complexity index is 947. The highest BCUT2D eigenvalue weighted by Crippen LogP contribution is 2.36. The van der Waals surface area contributed by atoms with Gasteiger partial charge in [-0.1, -0.05) is 6.07 Å². The van der Waals surface area contributed by atoms with Gasteiger partial charge in [0.25, 0.3) is 0 Å². The van der Waals surface area contributed by atoms with Crippen LogP contribution in [0.3, 0.4) is 0 Å². The van der Waals surface area contributed by atoms with Crippen molar-refractivity contribution in [3.8, 4) is 0 Å². The fourth-order valence-electron chi connectivity index (χ4n) is 2.77. The molecule has 1 N–H and O–H groups in total. The number of benzene rings is 1. The number of carbonyl (C=O) groups is 1. The molecule has 3 rings (SSSR count). The fourth-order valence-corrected chi connectivity index (χ4v) is 2.77. The molecule has 2 aromatic heterocycles. The fraction of sp³-hybridized carbons (Fsp3) is 0.190. The van der Waals surface area contributed by atoms with Gasteiger partial charge in [0.1, 0.15) is 11.6 Å². The summed E-state index contributed by atoms with van der Waals surface area (Å²) in [5.74, 6) is 0.137. The largest absolute Gasteiger partial charge is 0.478 e. The highest BCUT2D eigenvalue weighted by atomic mass is 16.4. The van der Waals surface area contributed by atoms with Gasteiger partial charge in [-0.15, -0.1) is 0 Å². The normalized spacial score (nSPS) is 10.4. The highest BCUT2D eigenvalue weighted by molar-refractivity contribution is 5.89. The van der Waals surface area contributed by atoms with Crippen molar-refractivity contribution in [3.05, 3.63) is 66.5 Å². The molecule has 0 saturated carbocycles. The van der Waals surface area contributed by atoms with Crippen LogP contribution in [0, 0.1) is 0 Å². The lowest BCUT2D eigenvalue weighted by Crippen LogP contribution is -2.17. The number of nitrogens with zero attached hydrogens (tertiary/aromatic N) is 5. The first-order valence-electron chi connectivity index (χ1n) is 8.77. The van der Waals surface area contributed by atoms with Crippen LogP contribution >= 0.6 is 0 Å². The van der Waals surface area contributed by atoms with Crippen molar-refractivity contribution in [3.63, 3.8) is 0 Å². The van der Waals surface area contributed by atoms with Crippen LogP contribution in [0.1, 0.15) is 10.4 Å². The second kappa shape index (κ2) is 7.96. The SMILES string of the molecule is CN(C)c1cc(N(C)C)cc(N(c2ccccn2)c2cc(C(=O)O)ccn2)c1.